The molecule has 0 amide bonds. The van der Waals surface area contributed by atoms with E-state index >= 15 is 0 Å². The maximum Gasteiger partial charge on any atom is 0.129 e. The van der Waals surface area contributed by atoms with Crippen molar-refractivity contribution in [2.45, 2.75) is 12.5 Å². The Kier molecular flexibility index (Phi) is 4.19. The van der Waals surface area contributed by atoms with Crippen molar-refractivity contribution >= 4 is 0 Å². The Hall–Kier alpha value is -1.85. The summed E-state index contributed by atoms with van der Waals surface area (Å²) in [6.07, 6.45) is 0.200. The summed E-state index contributed by atoms with van der Waals surface area (Å²) in [5.74, 6) is 3.75. The predicted molar refractivity (Wildman–Crippen MR) is 66.5 cm³/mol. The second-order valence-corrected chi connectivity index (χ2v) is 4.21. The van der Waals surface area contributed by atoms with Gasteiger partial charge in [0, 0.05) is 6.07 Å². The molecule has 2 nitrogen and oxygen atoms in total. The second-order valence-electron chi connectivity index (χ2n) is 4.21. The Morgan fingerprint density at radius 1 is 1.00 bits per heavy atom. The Balaban J connectivity index is 2.24. The SMILES string of the molecule is NNC(Cc1ccc(F)cc1F)c1cccc(F)c1. The lowest BCUT2D eigenvalue weighted by Gasteiger charge is -2.17. The van der Waals surface area contributed by atoms with Crippen LogP contribution in [0, 0.1) is 17.5 Å². The third-order valence-corrected chi connectivity index (χ3v) is 2.89. The van der Waals surface area contributed by atoms with Crippen LogP contribution in [0.4, 0.5) is 13.2 Å². The van der Waals surface area contributed by atoms with Crippen LogP contribution in [0.5, 0.6) is 0 Å². The number of nitrogens with two attached hydrogens (primary N) is 1. The van der Waals surface area contributed by atoms with Crippen LogP contribution in [0.2, 0.25) is 0 Å². The van der Waals surface area contributed by atoms with E-state index < -0.39 is 23.5 Å². The quantitative estimate of drug-likeness (QED) is 0.659. The molecule has 1 atom stereocenters. The molecule has 0 radical (unpaired) electrons. The van der Waals surface area contributed by atoms with Crippen LogP contribution in [0.3, 0.4) is 0 Å². The number of nitrogens with one attached hydrogen (secondary N) is 1. The maximum absolute atomic E-state index is 13.6. The first-order valence-corrected chi connectivity index (χ1v) is 5.75. The summed E-state index contributed by atoms with van der Waals surface area (Å²) in [7, 11) is 0. The average molecular weight is 266 g/mol. The number of halogens is 3. The Labute approximate surface area is 109 Å². The molecule has 0 aliphatic heterocycles. The normalized spacial score (nSPS) is 12.4. The minimum absolute atomic E-state index is 0.200. The van der Waals surface area contributed by atoms with Gasteiger partial charge in [-0.1, -0.05) is 18.2 Å². The van der Waals surface area contributed by atoms with Crippen molar-refractivity contribution in [3.8, 4) is 0 Å². The summed E-state index contributed by atoms with van der Waals surface area (Å²) in [6.45, 7) is 0. The molecule has 2 aromatic rings. The zero-order chi connectivity index (χ0) is 13.8. The minimum Gasteiger partial charge on any atom is -0.271 e. The first-order valence-electron chi connectivity index (χ1n) is 5.75. The van der Waals surface area contributed by atoms with E-state index in [0.29, 0.717) is 11.1 Å². The van der Waals surface area contributed by atoms with Crippen molar-refractivity contribution in [3.63, 3.8) is 0 Å². The molecule has 0 aliphatic carbocycles. The highest BCUT2D eigenvalue weighted by Gasteiger charge is 2.14. The van der Waals surface area contributed by atoms with Crippen LogP contribution < -0.4 is 11.3 Å². The van der Waals surface area contributed by atoms with Gasteiger partial charge in [-0.2, -0.15) is 0 Å². The standard InChI is InChI=1S/C14H13F3N2/c15-11-3-1-2-10(6-11)14(19-18)7-9-4-5-12(16)8-13(9)17/h1-6,8,14,19H,7,18H2. The van der Waals surface area contributed by atoms with Gasteiger partial charge in [0.15, 0.2) is 0 Å². The minimum atomic E-state index is -0.642. The van der Waals surface area contributed by atoms with E-state index in [-0.39, 0.29) is 6.42 Å². The molecule has 2 aromatic carbocycles. The molecule has 2 rings (SSSR count). The zero-order valence-corrected chi connectivity index (χ0v) is 10.0. The van der Waals surface area contributed by atoms with Gasteiger partial charge in [0.2, 0.25) is 0 Å². The average Bonchev–Trinajstić information content (AvgIpc) is 2.38. The lowest BCUT2D eigenvalue weighted by atomic mass is 9.99. The topological polar surface area (TPSA) is 38.0 Å². The monoisotopic (exact) mass is 266 g/mol. The Morgan fingerprint density at radius 2 is 1.74 bits per heavy atom. The maximum atomic E-state index is 13.6. The molecule has 0 bridgehead atoms. The van der Waals surface area contributed by atoms with Crippen molar-refractivity contribution < 1.29 is 13.2 Å². The fraction of sp³-hybridized carbons (Fsp3) is 0.143. The van der Waals surface area contributed by atoms with E-state index in [1.54, 1.807) is 12.1 Å². The summed E-state index contributed by atoms with van der Waals surface area (Å²) in [5, 5.41) is 0. The van der Waals surface area contributed by atoms with E-state index in [1.807, 2.05) is 0 Å². The highest BCUT2D eigenvalue weighted by molar-refractivity contribution is 5.25. The van der Waals surface area contributed by atoms with E-state index in [9.17, 15) is 13.2 Å². The van der Waals surface area contributed by atoms with Gasteiger partial charge in [0.05, 0.1) is 6.04 Å². The lowest BCUT2D eigenvalue weighted by molar-refractivity contribution is 0.518. The van der Waals surface area contributed by atoms with E-state index in [4.69, 9.17) is 5.84 Å². The number of hydrogen-bond acceptors (Lipinski definition) is 2. The molecule has 0 heterocycles. The van der Waals surface area contributed by atoms with Crippen molar-refractivity contribution in [3.05, 3.63) is 71.0 Å². The van der Waals surface area contributed by atoms with Crippen molar-refractivity contribution in [1.82, 2.24) is 5.43 Å². The predicted octanol–water partition coefficient (Wildman–Crippen LogP) is 2.85. The third kappa shape index (κ3) is 3.33. The molecular weight excluding hydrogens is 253 g/mol. The van der Waals surface area contributed by atoms with E-state index in [1.165, 1.54) is 24.3 Å². The molecule has 5 heteroatoms. The largest absolute Gasteiger partial charge is 0.271 e. The number of benzene rings is 2. The third-order valence-electron chi connectivity index (χ3n) is 2.89. The first-order chi connectivity index (χ1) is 9.10. The van der Waals surface area contributed by atoms with Crippen molar-refractivity contribution in [2.24, 2.45) is 5.84 Å². The molecular formula is C14H13F3N2. The Bertz CT molecular complexity index is 572. The summed E-state index contributed by atoms with van der Waals surface area (Å²) < 4.78 is 39.5. The second kappa shape index (κ2) is 5.86. The molecule has 3 N–H and O–H groups in total. The van der Waals surface area contributed by atoms with E-state index in [2.05, 4.69) is 5.43 Å². The molecule has 0 fully saturated rings. The van der Waals surface area contributed by atoms with E-state index in [0.717, 1.165) is 6.07 Å². The van der Waals surface area contributed by atoms with Crippen LogP contribution in [-0.2, 0) is 6.42 Å². The summed E-state index contributed by atoms with van der Waals surface area (Å²) >= 11 is 0. The number of rotatable bonds is 4. The Morgan fingerprint density at radius 3 is 2.37 bits per heavy atom. The fourth-order valence-electron chi connectivity index (χ4n) is 1.90. The van der Waals surface area contributed by atoms with Crippen LogP contribution in [0.15, 0.2) is 42.5 Å². The molecule has 0 saturated carbocycles. The molecule has 100 valence electrons. The van der Waals surface area contributed by atoms with Crippen LogP contribution >= 0.6 is 0 Å². The fourth-order valence-corrected chi connectivity index (χ4v) is 1.90. The van der Waals surface area contributed by atoms with Gasteiger partial charge in [0.25, 0.3) is 0 Å². The smallest absolute Gasteiger partial charge is 0.129 e. The number of hydrogen-bond donors (Lipinski definition) is 2. The van der Waals surface area contributed by atoms with Crippen LogP contribution in [-0.4, -0.2) is 0 Å². The van der Waals surface area contributed by atoms with Gasteiger partial charge in [-0.3, -0.25) is 11.3 Å². The molecule has 0 aliphatic rings. The van der Waals surface area contributed by atoms with Crippen LogP contribution in [0.1, 0.15) is 17.2 Å². The lowest BCUT2D eigenvalue weighted by Crippen LogP contribution is -2.29. The molecule has 0 spiro atoms. The molecule has 0 saturated heterocycles. The van der Waals surface area contributed by atoms with Gasteiger partial charge in [0.1, 0.15) is 17.5 Å². The van der Waals surface area contributed by atoms with Gasteiger partial charge in [-0.05, 0) is 35.7 Å². The molecule has 1 unspecified atom stereocenters. The van der Waals surface area contributed by atoms with Crippen molar-refractivity contribution in [1.29, 1.82) is 0 Å². The highest BCUT2D eigenvalue weighted by atomic mass is 19.1. The van der Waals surface area contributed by atoms with Gasteiger partial charge >= 0.3 is 0 Å². The molecule has 0 aromatic heterocycles. The van der Waals surface area contributed by atoms with Gasteiger partial charge in [-0.25, -0.2) is 13.2 Å². The summed E-state index contributed by atoms with van der Waals surface area (Å²) in [5.41, 5.74) is 3.43. The zero-order valence-electron chi connectivity index (χ0n) is 10.0. The van der Waals surface area contributed by atoms with Crippen molar-refractivity contribution in [2.75, 3.05) is 0 Å². The van der Waals surface area contributed by atoms with Gasteiger partial charge < -0.3 is 0 Å². The first kappa shape index (κ1) is 13.6. The highest BCUT2D eigenvalue weighted by Crippen LogP contribution is 2.20. The molecule has 19 heavy (non-hydrogen) atoms. The summed E-state index contributed by atoms with van der Waals surface area (Å²) in [6, 6.07) is 8.78. The van der Waals surface area contributed by atoms with Crippen LogP contribution in [0.25, 0.3) is 0 Å². The number of hydrazine groups is 1. The summed E-state index contributed by atoms with van der Waals surface area (Å²) in [4.78, 5) is 0. The van der Waals surface area contributed by atoms with Gasteiger partial charge in [-0.15, -0.1) is 0 Å².